The Labute approximate surface area is 146 Å². The number of anilines is 1. The van der Waals surface area contributed by atoms with Gasteiger partial charge in [0.05, 0.1) is 24.2 Å². The summed E-state index contributed by atoms with van der Waals surface area (Å²) in [7, 11) is 0. The normalized spacial score (nSPS) is 20.9. The van der Waals surface area contributed by atoms with Crippen molar-refractivity contribution in [3.8, 4) is 0 Å². The lowest BCUT2D eigenvalue weighted by atomic mass is 10.2. The maximum atomic E-state index is 12.9. The summed E-state index contributed by atoms with van der Waals surface area (Å²) in [6.45, 7) is 5.15. The Bertz CT molecular complexity index is 604. The molecule has 7 heteroatoms. The van der Waals surface area contributed by atoms with Crippen LogP contribution >= 0.6 is 11.8 Å². The first-order valence-corrected chi connectivity index (χ1v) is 9.37. The molecule has 6 nitrogen and oxygen atoms in total. The summed E-state index contributed by atoms with van der Waals surface area (Å²) in [5, 5.41) is 0.451. The van der Waals surface area contributed by atoms with E-state index in [0.717, 1.165) is 23.6 Å². The highest BCUT2D eigenvalue weighted by Crippen LogP contribution is 2.39. The number of carbonyl (C=O) groups is 2. The fraction of sp³-hybridized carbons (Fsp3) is 0.588. The van der Waals surface area contributed by atoms with E-state index in [4.69, 9.17) is 4.74 Å². The van der Waals surface area contributed by atoms with Gasteiger partial charge in [-0.25, -0.2) is 4.98 Å². The number of unbranched alkanes of at least 4 members (excludes halogenated alkanes) is 1. The number of ether oxygens (including phenoxy) is 1. The Hall–Kier alpha value is -1.60. The highest BCUT2D eigenvalue weighted by atomic mass is 32.2. The Morgan fingerprint density at radius 1 is 1.42 bits per heavy atom. The van der Waals surface area contributed by atoms with Crippen LogP contribution < -0.4 is 4.90 Å². The molecule has 1 fully saturated rings. The number of hydrogen-bond acceptors (Lipinski definition) is 5. The molecule has 2 aliphatic heterocycles. The van der Waals surface area contributed by atoms with Gasteiger partial charge in [-0.05, 0) is 18.6 Å². The van der Waals surface area contributed by atoms with E-state index in [1.165, 1.54) is 11.8 Å². The minimum Gasteiger partial charge on any atom is -0.378 e. The monoisotopic (exact) mass is 349 g/mol. The van der Waals surface area contributed by atoms with E-state index in [2.05, 4.69) is 11.9 Å². The predicted molar refractivity (Wildman–Crippen MR) is 93.2 cm³/mol. The number of amides is 2. The Morgan fingerprint density at radius 2 is 2.21 bits per heavy atom. The van der Waals surface area contributed by atoms with Gasteiger partial charge in [-0.15, -0.1) is 0 Å². The molecule has 24 heavy (non-hydrogen) atoms. The molecular formula is C17H23N3O3S. The summed E-state index contributed by atoms with van der Waals surface area (Å²) in [6, 6.07) is 3.79. The number of aromatic nitrogens is 1. The molecule has 2 aliphatic rings. The second-order valence-electron chi connectivity index (χ2n) is 5.97. The van der Waals surface area contributed by atoms with Crippen LogP contribution in [0.4, 0.5) is 5.69 Å². The molecule has 130 valence electrons. The van der Waals surface area contributed by atoms with Crippen LogP contribution in [0.15, 0.2) is 23.4 Å². The number of thioether (sulfide) groups is 1. The molecule has 1 saturated heterocycles. The lowest BCUT2D eigenvalue weighted by Gasteiger charge is -2.34. The molecule has 0 bridgehead atoms. The van der Waals surface area contributed by atoms with Gasteiger partial charge in [0.2, 0.25) is 11.8 Å². The molecule has 0 aromatic carbocycles. The molecule has 1 aromatic heterocycles. The molecule has 2 amide bonds. The van der Waals surface area contributed by atoms with Crippen molar-refractivity contribution in [1.29, 1.82) is 0 Å². The number of morpholine rings is 1. The second-order valence-corrected chi connectivity index (χ2v) is 7.17. The Morgan fingerprint density at radius 3 is 2.96 bits per heavy atom. The van der Waals surface area contributed by atoms with Crippen molar-refractivity contribution in [3.05, 3.63) is 18.3 Å². The fourth-order valence-corrected chi connectivity index (χ4v) is 4.08. The zero-order valence-corrected chi connectivity index (χ0v) is 14.8. The summed E-state index contributed by atoms with van der Waals surface area (Å²) in [4.78, 5) is 33.4. The van der Waals surface area contributed by atoms with E-state index in [-0.39, 0.29) is 23.5 Å². The van der Waals surface area contributed by atoms with Crippen LogP contribution in [-0.4, -0.2) is 59.8 Å². The van der Waals surface area contributed by atoms with Crippen LogP contribution in [0.5, 0.6) is 0 Å². The molecule has 0 saturated carbocycles. The molecule has 1 atom stereocenters. The number of carbonyl (C=O) groups excluding carboxylic acids is 2. The van der Waals surface area contributed by atoms with Crippen LogP contribution in [0.1, 0.15) is 26.2 Å². The van der Waals surface area contributed by atoms with Gasteiger partial charge in [0.25, 0.3) is 0 Å². The topological polar surface area (TPSA) is 62.7 Å². The molecule has 0 radical (unpaired) electrons. The van der Waals surface area contributed by atoms with E-state index in [9.17, 15) is 9.59 Å². The number of nitrogens with zero attached hydrogens (tertiary/aromatic N) is 3. The van der Waals surface area contributed by atoms with Crippen molar-refractivity contribution < 1.29 is 14.3 Å². The molecule has 0 N–H and O–H groups in total. The first kappa shape index (κ1) is 17.2. The first-order chi connectivity index (χ1) is 11.7. The smallest absolute Gasteiger partial charge is 0.241 e. The molecular weight excluding hydrogens is 326 g/mol. The van der Waals surface area contributed by atoms with E-state index >= 15 is 0 Å². The minimum absolute atomic E-state index is 0.0237. The number of hydrogen-bond donors (Lipinski definition) is 0. The van der Waals surface area contributed by atoms with Crippen LogP contribution in [0, 0.1) is 0 Å². The summed E-state index contributed by atoms with van der Waals surface area (Å²) in [5.74, 6) is 0.0505. The molecule has 1 unspecified atom stereocenters. The van der Waals surface area contributed by atoms with E-state index in [1.54, 1.807) is 16.0 Å². The quantitative estimate of drug-likeness (QED) is 0.813. The van der Waals surface area contributed by atoms with Crippen LogP contribution in [0.2, 0.25) is 0 Å². The van der Waals surface area contributed by atoms with Gasteiger partial charge in [0.1, 0.15) is 5.03 Å². The minimum atomic E-state index is -0.389. The van der Waals surface area contributed by atoms with Gasteiger partial charge >= 0.3 is 0 Å². The van der Waals surface area contributed by atoms with Crippen molar-refractivity contribution in [2.45, 2.75) is 36.5 Å². The predicted octanol–water partition coefficient (Wildman–Crippen LogP) is 1.94. The van der Waals surface area contributed by atoms with Crippen molar-refractivity contribution >= 4 is 29.3 Å². The highest BCUT2D eigenvalue weighted by molar-refractivity contribution is 8.00. The third-order valence-electron chi connectivity index (χ3n) is 4.30. The average Bonchev–Trinajstić information content (AvgIpc) is 2.62. The van der Waals surface area contributed by atoms with Crippen molar-refractivity contribution in [3.63, 3.8) is 0 Å². The molecule has 0 spiro atoms. The van der Waals surface area contributed by atoms with E-state index in [1.807, 2.05) is 12.1 Å². The maximum absolute atomic E-state index is 12.9. The molecule has 0 aliphatic carbocycles. The van der Waals surface area contributed by atoms with Gasteiger partial charge in [0.15, 0.2) is 0 Å². The number of pyridine rings is 1. The van der Waals surface area contributed by atoms with Crippen LogP contribution in [-0.2, 0) is 14.3 Å². The standard InChI is InChI=1S/C17H23N3O3S/c1-2-3-7-20-13-5-4-6-18-16(13)24-14(17(20)22)12-15(21)19-8-10-23-11-9-19/h4-6,14H,2-3,7-12H2,1H3. The van der Waals surface area contributed by atoms with Gasteiger partial charge < -0.3 is 14.5 Å². The van der Waals surface area contributed by atoms with Crippen molar-refractivity contribution in [2.75, 3.05) is 37.7 Å². The average molecular weight is 349 g/mol. The summed E-state index contributed by atoms with van der Waals surface area (Å²) < 4.78 is 5.28. The largest absolute Gasteiger partial charge is 0.378 e. The lowest BCUT2D eigenvalue weighted by molar-refractivity contribution is -0.136. The fourth-order valence-electron chi connectivity index (χ4n) is 2.93. The van der Waals surface area contributed by atoms with Gasteiger partial charge in [0, 0.05) is 32.3 Å². The molecule has 1 aromatic rings. The summed E-state index contributed by atoms with van der Waals surface area (Å²) >= 11 is 1.41. The zero-order chi connectivity index (χ0) is 16.9. The molecule has 3 heterocycles. The lowest BCUT2D eigenvalue weighted by Crippen LogP contribution is -2.46. The Kier molecular flexibility index (Phi) is 5.73. The second kappa shape index (κ2) is 7.98. The number of rotatable bonds is 5. The van der Waals surface area contributed by atoms with E-state index < -0.39 is 0 Å². The van der Waals surface area contributed by atoms with Crippen molar-refractivity contribution in [1.82, 2.24) is 9.88 Å². The highest BCUT2D eigenvalue weighted by Gasteiger charge is 2.36. The van der Waals surface area contributed by atoms with Gasteiger partial charge in [-0.2, -0.15) is 0 Å². The van der Waals surface area contributed by atoms with Gasteiger partial charge in [-0.1, -0.05) is 25.1 Å². The summed E-state index contributed by atoms with van der Waals surface area (Å²) in [6.07, 6.45) is 3.92. The third-order valence-corrected chi connectivity index (χ3v) is 5.49. The molecule has 3 rings (SSSR count). The third kappa shape index (κ3) is 3.72. The zero-order valence-electron chi connectivity index (χ0n) is 13.9. The number of fused-ring (bicyclic) bond motifs is 1. The van der Waals surface area contributed by atoms with Crippen LogP contribution in [0.3, 0.4) is 0 Å². The van der Waals surface area contributed by atoms with Crippen molar-refractivity contribution in [2.24, 2.45) is 0 Å². The maximum Gasteiger partial charge on any atom is 0.241 e. The SMILES string of the molecule is CCCCN1C(=O)C(CC(=O)N2CCOCC2)Sc2ncccc21. The summed E-state index contributed by atoms with van der Waals surface area (Å²) in [5.41, 5.74) is 0.871. The van der Waals surface area contributed by atoms with Crippen LogP contribution in [0.25, 0.3) is 0 Å². The first-order valence-electron chi connectivity index (χ1n) is 8.49. The van der Waals surface area contributed by atoms with E-state index in [0.29, 0.717) is 32.8 Å². The van der Waals surface area contributed by atoms with Gasteiger partial charge in [-0.3, -0.25) is 9.59 Å². The Balaban J connectivity index is 1.74.